The second-order valence-electron chi connectivity index (χ2n) is 9.19. The fourth-order valence-corrected chi connectivity index (χ4v) is 3.53. The highest BCUT2D eigenvalue weighted by Gasteiger charge is 2.28. The van der Waals surface area contributed by atoms with Gasteiger partial charge in [-0.1, -0.05) is 54.6 Å². The van der Waals surface area contributed by atoms with Crippen molar-refractivity contribution in [2.45, 2.75) is 45.2 Å². The predicted molar refractivity (Wildman–Crippen MR) is 136 cm³/mol. The number of aliphatic hydroxyl groups excluding tert-OH is 1. The molecule has 0 fully saturated rings. The van der Waals surface area contributed by atoms with Crippen molar-refractivity contribution in [1.82, 2.24) is 10.6 Å². The van der Waals surface area contributed by atoms with Crippen LogP contribution in [0.4, 0.5) is 8.78 Å². The predicted octanol–water partition coefficient (Wildman–Crippen LogP) is 3.18. The molecular formula is C28H31F2N3O4. The van der Waals surface area contributed by atoms with Gasteiger partial charge in [-0.2, -0.15) is 0 Å². The summed E-state index contributed by atoms with van der Waals surface area (Å²) in [5.41, 5.74) is 7.76. The minimum atomic E-state index is -1.25. The van der Waals surface area contributed by atoms with Crippen LogP contribution in [0.2, 0.25) is 0 Å². The molecule has 0 heterocycles. The maximum Gasteiger partial charge on any atom is 0.245 e. The van der Waals surface area contributed by atoms with E-state index in [0.29, 0.717) is 0 Å². The Bertz CT molecular complexity index is 1210. The fourth-order valence-electron chi connectivity index (χ4n) is 3.53. The minimum absolute atomic E-state index is 0.0771. The van der Waals surface area contributed by atoms with Crippen LogP contribution in [0.5, 0.6) is 0 Å². The molecule has 0 saturated carbocycles. The molecule has 0 saturated heterocycles. The molecule has 3 rings (SSSR count). The number of amides is 2. The molecule has 37 heavy (non-hydrogen) atoms. The molecule has 0 bridgehead atoms. The lowest BCUT2D eigenvalue weighted by molar-refractivity contribution is -0.132. The molecule has 9 heteroatoms. The highest BCUT2D eigenvalue weighted by atomic mass is 19.1. The maximum absolute atomic E-state index is 13.9. The van der Waals surface area contributed by atoms with Crippen LogP contribution in [-0.2, 0) is 34.1 Å². The summed E-state index contributed by atoms with van der Waals surface area (Å²) in [6.45, 7) is 2.33. The highest BCUT2D eigenvalue weighted by molar-refractivity contribution is 5.91. The summed E-state index contributed by atoms with van der Waals surface area (Å²) in [6.07, 6.45) is 0. The van der Waals surface area contributed by atoms with E-state index in [0.717, 1.165) is 34.4 Å². The number of carbonyl (C=O) groups excluding carboxylic acids is 2. The lowest BCUT2D eigenvalue weighted by Crippen LogP contribution is -2.57. The Kier molecular flexibility index (Phi) is 9.46. The summed E-state index contributed by atoms with van der Waals surface area (Å²) in [6, 6.07) is 17.3. The lowest BCUT2D eigenvalue weighted by Gasteiger charge is -2.24. The van der Waals surface area contributed by atoms with Gasteiger partial charge in [-0.05, 0) is 48.2 Å². The van der Waals surface area contributed by atoms with Crippen molar-refractivity contribution < 1.29 is 28.2 Å². The van der Waals surface area contributed by atoms with Crippen molar-refractivity contribution in [2.24, 2.45) is 5.73 Å². The van der Waals surface area contributed by atoms with Crippen molar-refractivity contribution in [2.75, 3.05) is 6.61 Å². The molecular weight excluding hydrogens is 480 g/mol. The first kappa shape index (κ1) is 27.9. The number of hydrogen-bond donors (Lipinski definition) is 4. The maximum atomic E-state index is 13.9. The first-order chi connectivity index (χ1) is 17.6. The van der Waals surface area contributed by atoms with Crippen LogP contribution >= 0.6 is 0 Å². The van der Waals surface area contributed by atoms with Gasteiger partial charge in [-0.25, -0.2) is 8.78 Å². The van der Waals surface area contributed by atoms with Crippen molar-refractivity contribution in [3.8, 4) is 11.1 Å². The van der Waals surface area contributed by atoms with Gasteiger partial charge in [-0.15, -0.1) is 0 Å². The number of hydrogen-bond acceptors (Lipinski definition) is 5. The molecule has 0 aliphatic carbocycles. The van der Waals surface area contributed by atoms with Gasteiger partial charge in [0.15, 0.2) is 0 Å². The van der Waals surface area contributed by atoms with Crippen molar-refractivity contribution in [3.05, 3.63) is 95.1 Å². The summed E-state index contributed by atoms with van der Waals surface area (Å²) >= 11 is 0. The number of nitrogens with two attached hydrogens (primary N) is 1. The second-order valence-corrected chi connectivity index (χ2v) is 9.19. The van der Waals surface area contributed by atoms with Crippen LogP contribution in [0.25, 0.3) is 11.1 Å². The van der Waals surface area contributed by atoms with E-state index < -0.39 is 41.6 Å². The van der Waals surface area contributed by atoms with E-state index in [1.165, 1.54) is 19.9 Å². The zero-order valence-electron chi connectivity index (χ0n) is 20.8. The number of rotatable bonds is 11. The van der Waals surface area contributed by atoms with Crippen molar-refractivity contribution in [3.63, 3.8) is 0 Å². The van der Waals surface area contributed by atoms with Crippen LogP contribution < -0.4 is 16.4 Å². The lowest BCUT2D eigenvalue weighted by atomic mass is 9.99. The van der Waals surface area contributed by atoms with Gasteiger partial charge in [0.05, 0.1) is 25.4 Å². The molecule has 0 aliphatic heterocycles. The summed E-state index contributed by atoms with van der Waals surface area (Å²) < 4.78 is 33.2. The molecule has 0 unspecified atom stereocenters. The number of nitrogens with one attached hydrogen (secondary N) is 2. The summed E-state index contributed by atoms with van der Waals surface area (Å²) in [5.74, 6) is -2.65. The largest absolute Gasteiger partial charge is 0.392 e. The second kappa shape index (κ2) is 12.5. The van der Waals surface area contributed by atoms with Gasteiger partial charge in [0.2, 0.25) is 11.8 Å². The molecule has 7 nitrogen and oxygen atoms in total. The van der Waals surface area contributed by atoms with E-state index >= 15 is 0 Å². The number of benzene rings is 3. The van der Waals surface area contributed by atoms with Gasteiger partial charge >= 0.3 is 0 Å². The van der Waals surface area contributed by atoms with Gasteiger partial charge in [0.25, 0.3) is 0 Å². The monoisotopic (exact) mass is 511 g/mol. The van der Waals surface area contributed by atoms with Gasteiger partial charge in [-0.3, -0.25) is 9.59 Å². The molecule has 3 aromatic carbocycles. The van der Waals surface area contributed by atoms with Gasteiger partial charge in [0.1, 0.15) is 17.7 Å². The molecule has 1 atom stereocenters. The number of halogens is 2. The van der Waals surface area contributed by atoms with E-state index in [1.54, 1.807) is 0 Å². The zero-order chi connectivity index (χ0) is 27.0. The molecule has 3 aromatic rings. The van der Waals surface area contributed by atoms with Crippen molar-refractivity contribution >= 4 is 11.8 Å². The highest BCUT2D eigenvalue weighted by Crippen LogP contribution is 2.24. The minimum Gasteiger partial charge on any atom is -0.392 e. The molecule has 5 N–H and O–H groups in total. The summed E-state index contributed by atoms with van der Waals surface area (Å²) in [5, 5.41) is 14.9. The van der Waals surface area contributed by atoms with E-state index in [4.69, 9.17) is 10.5 Å². The van der Waals surface area contributed by atoms with Crippen LogP contribution in [0.1, 0.15) is 30.5 Å². The summed E-state index contributed by atoms with van der Waals surface area (Å²) in [7, 11) is 0. The normalized spacial score (nSPS) is 12.2. The van der Waals surface area contributed by atoms with Gasteiger partial charge in [0, 0.05) is 12.1 Å². The van der Waals surface area contributed by atoms with Crippen LogP contribution in [0.3, 0.4) is 0 Å². The van der Waals surface area contributed by atoms with E-state index in [2.05, 4.69) is 10.6 Å². The Morgan fingerprint density at radius 1 is 1.00 bits per heavy atom. The van der Waals surface area contributed by atoms with E-state index in [-0.39, 0.29) is 25.3 Å². The molecule has 196 valence electrons. The summed E-state index contributed by atoms with van der Waals surface area (Å²) in [4.78, 5) is 25.3. The average molecular weight is 512 g/mol. The Labute approximate surface area is 214 Å². The standard InChI is InChI=1S/C28H31F2N3O4/c1-28(2,31)27(36)33-25(17-37-16-22-23(29)8-5-9-24(22)30)26(35)32-14-18-10-12-19(13-11-18)21-7-4-3-6-20(21)15-34/h3-13,25,34H,14-17,31H2,1-2H3,(H,32,35)(H,33,36)/t25-/m1/s1. The third-order valence-electron chi connectivity index (χ3n) is 5.72. The number of aliphatic hydroxyl groups is 1. The molecule has 0 aromatic heterocycles. The topological polar surface area (TPSA) is 114 Å². The number of carbonyl (C=O) groups is 2. The molecule has 0 spiro atoms. The Balaban J connectivity index is 1.65. The molecule has 2 amide bonds. The van der Waals surface area contributed by atoms with Crippen LogP contribution in [0.15, 0.2) is 66.7 Å². The Morgan fingerprint density at radius 2 is 1.65 bits per heavy atom. The van der Waals surface area contributed by atoms with Crippen LogP contribution in [0, 0.1) is 11.6 Å². The molecule has 0 radical (unpaired) electrons. The number of ether oxygens (including phenoxy) is 1. The Morgan fingerprint density at radius 3 is 2.27 bits per heavy atom. The molecule has 0 aliphatic rings. The smallest absolute Gasteiger partial charge is 0.245 e. The van der Waals surface area contributed by atoms with Gasteiger partial charge < -0.3 is 26.2 Å². The first-order valence-corrected chi connectivity index (χ1v) is 11.8. The fraction of sp³-hybridized carbons (Fsp3) is 0.286. The Hall–Kier alpha value is -3.66. The third kappa shape index (κ3) is 7.66. The average Bonchev–Trinajstić information content (AvgIpc) is 2.88. The van der Waals surface area contributed by atoms with E-state index in [9.17, 15) is 23.5 Å². The third-order valence-corrected chi connectivity index (χ3v) is 5.72. The van der Waals surface area contributed by atoms with Crippen molar-refractivity contribution in [1.29, 1.82) is 0 Å². The first-order valence-electron chi connectivity index (χ1n) is 11.8. The van der Waals surface area contributed by atoms with Crippen LogP contribution in [-0.4, -0.2) is 35.1 Å². The van der Waals surface area contributed by atoms with E-state index in [1.807, 2.05) is 48.5 Å². The SMILES string of the molecule is CC(C)(N)C(=O)N[C@H](COCc1c(F)cccc1F)C(=O)NCc1ccc(-c2ccccc2CO)cc1. The quantitative estimate of drug-likeness (QED) is 0.316. The zero-order valence-corrected chi connectivity index (χ0v) is 20.8.